The van der Waals surface area contributed by atoms with E-state index >= 15 is 0 Å². The Bertz CT molecular complexity index is 557. The number of hydrogen-bond donors (Lipinski definition) is 2. The lowest BCUT2D eigenvalue weighted by Crippen LogP contribution is -2.44. The van der Waals surface area contributed by atoms with Crippen LogP contribution in [0, 0.1) is 5.92 Å². The van der Waals surface area contributed by atoms with Crippen molar-refractivity contribution < 1.29 is 8.42 Å². The normalized spacial score (nSPS) is 23.8. The highest BCUT2D eigenvalue weighted by Gasteiger charge is 2.28. The van der Waals surface area contributed by atoms with E-state index in [2.05, 4.69) is 4.72 Å². The van der Waals surface area contributed by atoms with Crippen LogP contribution in [0.4, 0.5) is 0 Å². The second-order valence-electron chi connectivity index (χ2n) is 5.11. The molecule has 1 aromatic rings. The summed E-state index contributed by atoms with van der Waals surface area (Å²) in [5.41, 5.74) is 5.72. The van der Waals surface area contributed by atoms with E-state index in [1.807, 2.05) is 0 Å². The standard InChI is InChI=1S/C13H18Cl2N2O2S/c14-10-5-11(15)7-12(6-10)20(18,19)17-13-4-2-1-3-9(13)8-16/h5-7,9,13,17H,1-4,8,16H2. The third-order valence-corrected chi connectivity index (χ3v) is 5.57. The Morgan fingerprint density at radius 2 is 1.75 bits per heavy atom. The third-order valence-electron chi connectivity index (χ3n) is 3.66. The van der Waals surface area contributed by atoms with E-state index in [4.69, 9.17) is 28.9 Å². The van der Waals surface area contributed by atoms with Crippen molar-refractivity contribution in [3.63, 3.8) is 0 Å². The summed E-state index contributed by atoms with van der Waals surface area (Å²) in [6.07, 6.45) is 3.89. The SMILES string of the molecule is NCC1CCCCC1NS(=O)(=O)c1cc(Cl)cc(Cl)c1. The molecule has 0 amide bonds. The van der Waals surface area contributed by atoms with E-state index in [9.17, 15) is 8.42 Å². The molecule has 0 heterocycles. The molecule has 3 N–H and O–H groups in total. The maximum Gasteiger partial charge on any atom is 0.240 e. The van der Waals surface area contributed by atoms with Gasteiger partial charge in [-0.2, -0.15) is 0 Å². The molecule has 7 heteroatoms. The average Bonchev–Trinajstić information content (AvgIpc) is 2.38. The highest BCUT2D eigenvalue weighted by molar-refractivity contribution is 7.89. The van der Waals surface area contributed by atoms with Crippen LogP contribution in [0.5, 0.6) is 0 Å². The largest absolute Gasteiger partial charge is 0.330 e. The number of halogens is 2. The fraction of sp³-hybridized carbons (Fsp3) is 0.538. The molecule has 1 saturated carbocycles. The summed E-state index contributed by atoms with van der Waals surface area (Å²) >= 11 is 11.7. The number of nitrogens with one attached hydrogen (secondary N) is 1. The summed E-state index contributed by atoms with van der Waals surface area (Å²) < 4.78 is 27.5. The summed E-state index contributed by atoms with van der Waals surface area (Å²) in [5.74, 6) is 0.188. The minimum Gasteiger partial charge on any atom is -0.330 e. The predicted molar refractivity (Wildman–Crippen MR) is 81.6 cm³/mol. The highest BCUT2D eigenvalue weighted by atomic mass is 35.5. The number of rotatable bonds is 4. The minimum atomic E-state index is -3.62. The zero-order valence-corrected chi connectivity index (χ0v) is 13.3. The summed E-state index contributed by atoms with van der Waals surface area (Å²) in [5, 5.41) is 0.605. The van der Waals surface area contributed by atoms with Crippen molar-refractivity contribution in [2.24, 2.45) is 11.7 Å². The molecule has 0 spiro atoms. The maximum absolute atomic E-state index is 12.4. The number of sulfonamides is 1. The Balaban J connectivity index is 2.21. The van der Waals surface area contributed by atoms with Crippen molar-refractivity contribution in [2.75, 3.05) is 6.54 Å². The molecule has 0 saturated heterocycles. The highest BCUT2D eigenvalue weighted by Crippen LogP contribution is 2.27. The lowest BCUT2D eigenvalue weighted by atomic mass is 9.85. The minimum absolute atomic E-state index is 0.0938. The topological polar surface area (TPSA) is 72.2 Å². The van der Waals surface area contributed by atoms with E-state index in [1.165, 1.54) is 18.2 Å². The van der Waals surface area contributed by atoms with Crippen LogP contribution in [0.3, 0.4) is 0 Å². The summed E-state index contributed by atoms with van der Waals surface area (Å²) in [6, 6.07) is 4.19. The van der Waals surface area contributed by atoms with Gasteiger partial charge in [0.05, 0.1) is 4.90 Å². The fourth-order valence-corrected chi connectivity index (χ4v) is 4.66. The molecule has 1 aliphatic rings. The molecule has 0 bridgehead atoms. The first-order chi connectivity index (χ1) is 9.42. The number of nitrogens with two attached hydrogens (primary N) is 1. The molecule has 1 fully saturated rings. The zero-order valence-electron chi connectivity index (χ0n) is 11.0. The third kappa shape index (κ3) is 3.86. The van der Waals surface area contributed by atoms with Crippen LogP contribution in [0.15, 0.2) is 23.1 Å². The molecule has 1 aromatic carbocycles. The molecular formula is C13H18Cl2N2O2S. The Labute approximate surface area is 129 Å². The van der Waals surface area contributed by atoms with Crippen LogP contribution >= 0.6 is 23.2 Å². The number of hydrogen-bond acceptors (Lipinski definition) is 3. The first kappa shape index (κ1) is 16.0. The fourth-order valence-electron chi connectivity index (χ4n) is 2.60. The van der Waals surface area contributed by atoms with Gasteiger partial charge >= 0.3 is 0 Å². The first-order valence-corrected chi connectivity index (χ1v) is 8.85. The Kier molecular flexibility index (Phi) is 5.31. The van der Waals surface area contributed by atoms with Gasteiger partial charge in [-0.15, -0.1) is 0 Å². The molecular weight excluding hydrogens is 319 g/mol. The van der Waals surface area contributed by atoms with Crippen LogP contribution in [-0.2, 0) is 10.0 Å². The van der Waals surface area contributed by atoms with Gasteiger partial charge in [-0.1, -0.05) is 36.0 Å². The molecule has 0 aliphatic heterocycles. The molecule has 2 rings (SSSR count). The van der Waals surface area contributed by atoms with E-state index in [0.29, 0.717) is 16.6 Å². The van der Waals surface area contributed by atoms with Gasteiger partial charge in [0.1, 0.15) is 0 Å². The quantitative estimate of drug-likeness (QED) is 0.887. The van der Waals surface area contributed by atoms with Crippen LogP contribution < -0.4 is 10.5 Å². The van der Waals surface area contributed by atoms with E-state index in [0.717, 1.165) is 25.7 Å². The van der Waals surface area contributed by atoms with Gasteiger partial charge in [0.2, 0.25) is 10.0 Å². The van der Waals surface area contributed by atoms with Gasteiger partial charge in [-0.05, 0) is 43.5 Å². The van der Waals surface area contributed by atoms with Crippen molar-refractivity contribution in [1.82, 2.24) is 4.72 Å². The van der Waals surface area contributed by atoms with Gasteiger partial charge in [-0.3, -0.25) is 0 Å². The van der Waals surface area contributed by atoms with Gasteiger partial charge in [0.25, 0.3) is 0 Å². The Morgan fingerprint density at radius 1 is 1.15 bits per heavy atom. The summed E-state index contributed by atoms with van der Waals surface area (Å²) in [6.45, 7) is 0.490. The molecule has 2 unspecified atom stereocenters. The van der Waals surface area contributed by atoms with Crippen molar-refractivity contribution in [3.05, 3.63) is 28.2 Å². The van der Waals surface area contributed by atoms with Crippen molar-refractivity contribution in [2.45, 2.75) is 36.6 Å². The zero-order chi connectivity index (χ0) is 14.8. The summed E-state index contributed by atoms with van der Waals surface area (Å²) in [4.78, 5) is 0.0938. The van der Waals surface area contributed by atoms with Crippen molar-refractivity contribution >= 4 is 33.2 Å². The van der Waals surface area contributed by atoms with Crippen molar-refractivity contribution in [3.8, 4) is 0 Å². The summed E-state index contributed by atoms with van der Waals surface area (Å²) in [7, 11) is -3.62. The molecule has 0 radical (unpaired) electrons. The van der Waals surface area contributed by atoms with E-state index < -0.39 is 10.0 Å². The average molecular weight is 337 g/mol. The van der Waals surface area contributed by atoms with Crippen LogP contribution in [0.2, 0.25) is 10.0 Å². The lowest BCUT2D eigenvalue weighted by Gasteiger charge is -2.31. The van der Waals surface area contributed by atoms with Crippen LogP contribution in [-0.4, -0.2) is 21.0 Å². The second kappa shape index (κ2) is 6.62. The molecule has 1 aliphatic carbocycles. The van der Waals surface area contributed by atoms with Gasteiger partial charge in [0.15, 0.2) is 0 Å². The van der Waals surface area contributed by atoms with Crippen LogP contribution in [0.25, 0.3) is 0 Å². The van der Waals surface area contributed by atoms with Crippen molar-refractivity contribution in [1.29, 1.82) is 0 Å². The van der Waals surface area contributed by atoms with Crippen LogP contribution in [0.1, 0.15) is 25.7 Å². The molecule has 20 heavy (non-hydrogen) atoms. The van der Waals surface area contributed by atoms with Gasteiger partial charge < -0.3 is 5.73 Å². The van der Waals surface area contributed by atoms with E-state index in [1.54, 1.807) is 0 Å². The first-order valence-electron chi connectivity index (χ1n) is 6.61. The Morgan fingerprint density at radius 3 is 2.35 bits per heavy atom. The van der Waals surface area contributed by atoms with E-state index in [-0.39, 0.29) is 16.9 Å². The molecule has 0 aromatic heterocycles. The maximum atomic E-state index is 12.4. The second-order valence-corrected chi connectivity index (χ2v) is 7.70. The monoisotopic (exact) mass is 336 g/mol. The molecule has 2 atom stereocenters. The lowest BCUT2D eigenvalue weighted by molar-refractivity contribution is 0.296. The number of benzene rings is 1. The Hall–Kier alpha value is -0.330. The van der Waals surface area contributed by atoms with Gasteiger partial charge in [-0.25, -0.2) is 13.1 Å². The smallest absolute Gasteiger partial charge is 0.240 e. The molecule has 4 nitrogen and oxygen atoms in total. The molecule has 112 valence electrons. The predicted octanol–water partition coefficient (Wildman–Crippen LogP) is 2.79. The van der Waals surface area contributed by atoms with Gasteiger partial charge in [0, 0.05) is 16.1 Å².